The van der Waals surface area contributed by atoms with E-state index in [1.54, 1.807) is 24.5 Å². The van der Waals surface area contributed by atoms with Gasteiger partial charge in [0.2, 0.25) is 5.91 Å². The fraction of sp³-hybridized carbons (Fsp3) is 0.300. The molecule has 0 aliphatic heterocycles. The van der Waals surface area contributed by atoms with E-state index in [1.165, 1.54) is 6.92 Å². The van der Waals surface area contributed by atoms with Gasteiger partial charge < -0.3 is 10.1 Å². The zero-order chi connectivity index (χ0) is 11.1. The lowest BCUT2D eigenvalue weighted by Gasteiger charge is -2.04. The van der Waals surface area contributed by atoms with Crippen LogP contribution in [0.2, 0.25) is 0 Å². The summed E-state index contributed by atoms with van der Waals surface area (Å²) in [5, 5.41) is 2.65. The molecule has 0 aromatic carbocycles. The molecule has 0 atom stereocenters. The third-order valence-corrected chi connectivity index (χ3v) is 1.60. The maximum Gasteiger partial charge on any atom is 0.302 e. The molecule has 0 saturated carbocycles. The molecule has 0 fully saturated rings. The monoisotopic (exact) mass is 208 g/mol. The number of nitrogens with zero attached hydrogens (tertiary/aromatic N) is 1. The molecule has 5 nitrogen and oxygen atoms in total. The van der Waals surface area contributed by atoms with Crippen LogP contribution < -0.4 is 5.32 Å². The Labute approximate surface area is 87.5 Å². The van der Waals surface area contributed by atoms with Gasteiger partial charge >= 0.3 is 5.97 Å². The van der Waals surface area contributed by atoms with Gasteiger partial charge in [0.05, 0.1) is 6.42 Å². The summed E-state index contributed by atoms with van der Waals surface area (Å²) in [5.74, 6) is -0.575. The molecule has 0 aliphatic carbocycles. The fourth-order valence-electron chi connectivity index (χ4n) is 0.946. The van der Waals surface area contributed by atoms with E-state index in [0.717, 1.165) is 0 Å². The molecule has 15 heavy (non-hydrogen) atoms. The summed E-state index contributed by atoms with van der Waals surface area (Å²) in [6.45, 7) is 1.41. The van der Waals surface area contributed by atoms with Crippen molar-refractivity contribution in [3.05, 3.63) is 24.5 Å². The van der Waals surface area contributed by atoms with Crippen molar-refractivity contribution in [2.24, 2.45) is 0 Å². The molecular weight excluding hydrogens is 196 g/mol. The normalized spacial score (nSPS) is 9.40. The summed E-state index contributed by atoms with van der Waals surface area (Å²) < 4.78 is 4.64. The Balaban J connectivity index is 2.28. The summed E-state index contributed by atoms with van der Waals surface area (Å²) in [6.07, 6.45) is 3.32. The molecule has 80 valence electrons. The maximum atomic E-state index is 11.3. The Hall–Kier alpha value is -1.91. The van der Waals surface area contributed by atoms with Gasteiger partial charge in [0.1, 0.15) is 6.61 Å². The average Bonchev–Trinajstić information content (AvgIpc) is 2.18. The first-order valence-electron chi connectivity index (χ1n) is 4.52. The van der Waals surface area contributed by atoms with E-state index >= 15 is 0 Å². The van der Waals surface area contributed by atoms with Crippen LogP contribution in [-0.4, -0.2) is 23.5 Å². The highest BCUT2D eigenvalue weighted by molar-refractivity contribution is 5.90. The van der Waals surface area contributed by atoms with Crippen LogP contribution in [0.1, 0.15) is 13.3 Å². The van der Waals surface area contributed by atoms with E-state index in [9.17, 15) is 9.59 Å². The Morgan fingerprint density at radius 1 is 1.40 bits per heavy atom. The smallest absolute Gasteiger partial charge is 0.302 e. The average molecular weight is 208 g/mol. The summed E-state index contributed by atoms with van der Waals surface area (Å²) in [5.41, 5.74) is 0.679. The molecule has 1 heterocycles. The predicted molar refractivity (Wildman–Crippen MR) is 54.1 cm³/mol. The van der Waals surface area contributed by atoms with Crippen molar-refractivity contribution in [2.45, 2.75) is 13.3 Å². The van der Waals surface area contributed by atoms with E-state index < -0.39 is 0 Å². The first kappa shape index (κ1) is 11.2. The standard InChI is InChI=1S/C10H12N2O3/c1-8(13)15-7-4-10(14)12-9-2-5-11-6-3-9/h2-3,5-6H,4,7H2,1H3,(H,11,12,14). The largest absolute Gasteiger partial charge is 0.465 e. The molecule has 1 rings (SSSR count). The van der Waals surface area contributed by atoms with Crippen LogP contribution in [0.3, 0.4) is 0 Å². The molecule has 1 amide bonds. The lowest BCUT2D eigenvalue weighted by molar-refractivity contribution is -0.141. The van der Waals surface area contributed by atoms with Gasteiger partial charge in [0.25, 0.3) is 0 Å². The zero-order valence-corrected chi connectivity index (χ0v) is 8.40. The minimum absolute atomic E-state index is 0.103. The van der Waals surface area contributed by atoms with Gasteiger partial charge in [-0.2, -0.15) is 0 Å². The molecule has 0 saturated heterocycles. The topological polar surface area (TPSA) is 68.3 Å². The highest BCUT2D eigenvalue weighted by atomic mass is 16.5. The van der Waals surface area contributed by atoms with E-state index in [0.29, 0.717) is 5.69 Å². The van der Waals surface area contributed by atoms with Crippen LogP contribution in [0.25, 0.3) is 0 Å². The number of hydrogen-bond acceptors (Lipinski definition) is 4. The molecule has 5 heteroatoms. The van der Waals surface area contributed by atoms with Gasteiger partial charge in [-0.1, -0.05) is 0 Å². The van der Waals surface area contributed by atoms with Crippen molar-refractivity contribution in [1.82, 2.24) is 4.98 Å². The van der Waals surface area contributed by atoms with Crippen LogP contribution in [0.4, 0.5) is 5.69 Å². The molecule has 1 N–H and O–H groups in total. The summed E-state index contributed by atoms with van der Waals surface area (Å²) >= 11 is 0. The van der Waals surface area contributed by atoms with E-state index in [4.69, 9.17) is 0 Å². The molecule has 0 unspecified atom stereocenters. The Morgan fingerprint density at radius 3 is 2.67 bits per heavy atom. The molecular formula is C10H12N2O3. The van der Waals surface area contributed by atoms with Gasteiger partial charge in [0, 0.05) is 25.0 Å². The molecule has 0 radical (unpaired) electrons. The second-order valence-electron chi connectivity index (χ2n) is 2.87. The lowest BCUT2D eigenvalue weighted by atomic mass is 10.3. The van der Waals surface area contributed by atoms with Gasteiger partial charge in [-0.25, -0.2) is 0 Å². The van der Waals surface area contributed by atoms with Crippen molar-refractivity contribution in [3.63, 3.8) is 0 Å². The first-order chi connectivity index (χ1) is 7.18. The van der Waals surface area contributed by atoms with Gasteiger partial charge in [-0.3, -0.25) is 14.6 Å². The predicted octanol–water partition coefficient (Wildman–Crippen LogP) is 0.973. The number of nitrogens with one attached hydrogen (secondary N) is 1. The third-order valence-electron chi connectivity index (χ3n) is 1.60. The highest BCUT2D eigenvalue weighted by Crippen LogP contribution is 2.03. The Morgan fingerprint density at radius 2 is 2.07 bits per heavy atom. The first-order valence-corrected chi connectivity index (χ1v) is 4.52. The van der Waals surface area contributed by atoms with Crippen molar-refractivity contribution in [1.29, 1.82) is 0 Å². The van der Waals surface area contributed by atoms with Crippen molar-refractivity contribution in [2.75, 3.05) is 11.9 Å². The van der Waals surface area contributed by atoms with Crippen LogP contribution in [0.5, 0.6) is 0 Å². The quantitative estimate of drug-likeness (QED) is 0.749. The number of amides is 1. The molecule has 0 bridgehead atoms. The number of carbonyl (C=O) groups is 2. The van der Waals surface area contributed by atoms with Crippen molar-refractivity contribution < 1.29 is 14.3 Å². The van der Waals surface area contributed by atoms with Gasteiger partial charge in [-0.05, 0) is 12.1 Å². The summed E-state index contributed by atoms with van der Waals surface area (Å²) in [4.78, 5) is 25.5. The summed E-state index contributed by atoms with van der Waals surface area (Å²) in [6, 6.07) is 3.37. The van der Waals surface area contributed by atoms with Crippen LogP contribution >= 0.6 is 0 Å². The van der Waals surface area contributed by atoms with Crippen LogP contribution in [0.15, 0.2) is 24.5 Å². The SMILES string of the molecule is CC(=O)OCCC(=O)Nc1ccncc1. The number of pyridine rings is 1. The minimum atomic E-state index is -0.383. The summed E-state index contributed by atoms with van der Waals surface area (Å²) in [7, 11) is 0. The van der Waals surface area contributed by atoms with Crippen molar-refractivity contribution in [3.8, 4) is 0 Å². The van der Waals surface area contributed by atoms with E-state index in [1.807, 2.05) is 0 Å². The van der Waals surface area contributed by atoms with E-state index in [-0.39, 0.29) is 24.9 Å². The number of aromatic nitrogens is 1. The second kappa shape index (κ2) is 5.74. The fourth-order valence-corrected chi connectivity index (χ4v) is 0.946. The third kappa shape index (κ3) is 4.75. The van der Waals surface area contributed by atoms with Gasteiger partial charge in [0.15, 0.2) is 0 Å². The van der Waals surface area contributed by atoms with Crippen LogP contribution in [0, 0.1) is 0 Å². The number of ether oxygens (including phenoxy) is 1. The second-order valence-corrected chi connectivity index (χ2v) is 2.87. The highest BCUT2D eigenvalue weighted by Gasteiger charge is 2.02. The van der Waals surface area contributed by atoms with E-state index in [2.05, 4.69) is 15.0 Å². The molecule has 0 aliphatic rings. The Bertz CT molecular complexity index is 338. The molecule has 0 spiro atoms. The zero-order valence-electron chi connectivity index (χ0n) is 8.40. The molecule has 1 aromatic heterocycles. The molecule has 1 aromatic rings. The lowest BCUT2D eigenvalue weighted by Crippen LogP contribution is -2.15. The number of esters is 1. The number of hydrogen-bond donors (Lipinski definition) is 1. The van der Waals surface area contributed by atoms with Gasteiger partial charge in [-0.15, -0.1) is 0 Å². The maximum absolute atomic E-state index is 11.3. The number of carbonyl (C=O) groups excluding carboxylic acids is 2. The minimum Gasteiger partial charge on any atom is -0.465 e. The van der Waals surface area contributed by atoms with Crippen LogP contribution in [-0.2, 0) is 14.3 Å². The Kier molecular flexibility index (Phi) is 4.28. The van der Waals surface area contributed by atoms with Crippen molar-refractivity contribution >= 4 is 17.6 Å². The number of rotatable bonds is 4. The number of anilines is 1.